The molecule has 0 spiro atoms. The van der Waals surface area contributed by atoms with Gasteiger partial charge in [0.2, 0.25) is 0 Å². The normalized spacial score (nSPS) is 25.6. The molecule has 1 heterocycles. The number of carboxylic acids is 1. The van der Waals surface area contributed by atoms with E-state index in [0.29, 0.717) is 31.8 Å². The molecule has 1 aliphatic carbocycles. The molecule has 2 bridgehead atoms. The van der Waals surface area contributed by atoms with E-state index in [1.54, 1.807) is 6.07 Å². The van der Waals surface area contributed by atoms with E-state index in [4.69, 9.17) is 19.8 Å². The quantitative estimate of drug-likeness (QED) is 0.357. The molecule has 34 heavy (non-hydrogen) atoms. The first kappa shape index (κ1) is 24.1. The van der Waals surface area contributed by atoms with E-state index < -0.39 is 5.97 Å². The van der Waals surface area contributed by atoms with Crippen LogP contribution in [0.15, 0.2) is 60.7 Å². The van der Waals surface area contributed by atoms with Gasteiger partial charge in [-0.2, -0.15) is 5.26 Å². The van der Waals surface area contributed by atoms with Crippen molar-refractivity contribution in [3.05, 3.63) is 83.2 Å². The average molecular weight is 464 g/mol. The molecule has 0 aromatic heterocycles. The number of halogens is 1. The minimum atomic E-state index is -0.772. The highest BCUT2D eigenvalue weighted by molar-refractivity contribution is 5.66. The number of rotatable bonds is 11. The van der Waals surface area contributed by atoms with Crippen LogP contribution in [0.1, 0.15) is 48.8 Å². The van der Waals surface area contributed by atoms with Crippen LogP contribution < -0.4 is 0 Å². The second-order valence-electron chi connectivity index (χ2n) is 9.31. The van der Waals surface area contributed by atoms with E-state index in [-0.39, 0.29) is 35.6 Å². The highest BCUT2D eigenvalue weighted by Crippen LogP contribution is 2.56. The van der Waals surface area contributed by atoms with Crippen molar-refractivity contribution in [2.24, 2.45) is 11.8 Å². The smallest absolute Gasteiger partial charge is 0.303 e. The molecule has 1 aliphatic heterocycles. The Kier molecular flexibility index (Phi) is 7.77. The van der Waals surface area contributed by atoms with Crippen LogP contribution in [0.5, 0.6) is 0 Å². The lowest BCUT2D eigenvalue weighted by Gasteiger charge is -2.39. The van der Waals surface area contributed by atoms with Gasteiger partial charge in [0.1, 0.15) is 5.82 Å². The third kappa shape index (κ3) is 5.38. The van der Waals surface area contributed by atoms with Crippen LogP contribution in [0.25, 0.3) is 0 Å². The summed E-state index contributed by atoms with van der Waals surface area (Å²) < 4.78 is 25.9. The molecule has 4 rings (SSSR count). The molecule has 2 aliphatic rings. The first-order chi connectivity index (χ1) is 16.5. The standard InChI is InChI=1S/C28H30FNO4/c29-23-12-10-22(11-13-23)28-15-26(34-19-28)24(25(28)8-3-1-2-4-9-27(31)32)18-33-17-21-7-5-6-20(14-21)16-30/h1,3,5-7,10-14,24-26H,2,4,8-9,15,17-19H2,(H,31,32)/t24-,25-,26-,28-/m0/s1. The number of nitriles is 1. The third-order valence-corrected chi connectivity index (χ3v) is 7.20. The van der Waals surface area contributed by atoms with Gasteiger partial charge in [0.25, 0.3) is 0 Å². The van der Waals surface area contributed by atoms with Gasteiger partial charge in [-0.3, -0.25) is 4.79 Å². The summed E-state index contributed by atoms with van der Waals surface area (Å²) in [6.07, 6.45) is 7.56. The van der Waals surface area contributed by atoms with Crippen molar-refractivity contribution < 1.29 is 23.8 Å². The van der Waals surface area contributed by atoms with Crippen LogP contribution in [0.2, 0.25) is 0 Å². The number of unbranched alkanes of at least 4 members (excludes halogenated alkanes) is 1. The number of nitrogens with zero attached hydrogens (tertiary/aromatic N) is 1. The van der Waals surface area contributed by atoms with Gasteiger partial charge in [-0.25, -0.2) is 4.39 Å². The fourth-order valence-electron chi connectivity index (χ4n) is 5.53. The van der Waals surface area contributed by atoms with E-state index in [2.05, 4.69) is 18.2 Å². The first-order valence-corrected chi connectivity index (χ1v) is 11.8. The van der Waals surface area contributed by atoms with Crippen LogP contribution in [0.3, 0.4) is 0 Å². The van der Waals surface area contributed by atoms with Crippen molar-refractivity contribution in [3.63, 3.8) is 0 Å². The molecule has 1 saturated heterocycles. The van der Waals surface area contributed by atoms with Crippen LogP contribution in [0.4, 0.5) is 4.39 Å². The first-order valence-electron chi connectivity index (χ1n) is 11.8. The zero-order chi connectivity index (χ0) is 24.0. The lowest BCUT2D eigenvalue weighted by atomic mass is 9.69. The van der Waals surface area contributed by atoms with Gasteiger partial charge >= 0.3 is 5.97 Å². The van der Waals surface area contributed by atoms with Gasteiger partial charge in [-0.15, -0.1) is 0 Å². The van der Waals surface area contributed by atoms with Crippen LogP contribution in [0, 0.1) is 29.0 Å². The zero-order valence-corrected chi connectivity index (χ0v) is 19.2. The molecule has 0 unspecified atom stereocenters. The lowest BCUT2D eigenvalue weighted by Crippen LogP contribution is -2.41. The lowest BCUT2D eigenvalue weighted by molar-refractivity contribution is -0.137. The minimum Gasteiger partial charge on any atom is -0.481 e. The molecule has 5 nitrogen and oxygen atoms in total. The summed E-state index contributed by atoms with van der Waals surface area (Å²) in [5.41, 5.74) is 2.50. The van der Waals surface area contributed by atoms with Gasteiger partial charge in [-0.05, 0) is 67.0 Å². The predicted molar refractivity (Wildman–Crippen MR) is 125 cm³/mol. The van der Waals surface area contributed by atoms with Crippen molar-refractivity contribution in [1.82, 2.24) is 0 Å². The predicted octanol–water partition coefficient (Wildman–Crippen LogP) is 5.39. The van der Waals surface area contributed by atoms with E-state index in [9.17, 15) is 9.18 Å². The Hall–Kier alpha value is -3.01. The molecule has 2 aromatic rings. The summed E-state index contributed by atoms with van der Waals surface area (Å²) in [5, 5.41) is 17.9. The number of allylic oxidation sites excluding steroid dienone is 2. The summed E-state index contributed by atoms with van der Waals surface area (Å²) >= 11 is 0. The maximum absolute atomic E-state index is 13.6. The monoisotopic (exact) mass is 463 g/mol. The van der Waals surface area contributed by atoms with Gasteiger partial charge in [0, 0.05) is 17.8 Å². The third-order valence-electron chi connectivity index (χ3n) is 7.20. The number of hydrogen-bond donors (Lipinski definition) is 1. The van der Waals surface area contributed by atoms with Crippen LogP contribution in [-0.2, 0) is 26.3 Å². The second-order valence-corrected chi connectivity index (χ2v) is 9.31. The fourth-order valence-corrected chi connectivity index (χ4v) is 5.53. The number of benzene rings is 2. The molecule has 1 N–H and O–H groups in total. The maximum Gasteiger partial charge on any atom is 0.303 e. The van der Waals surface area contributed by atoms with Crippen LogP contribution >= 0.6 is 0 Å². The summed E-state index contributed by atoms with van der Waals surface area (Å²) in [4.78, 5) is 10.7. The maximum atomic E-state index is 13.6. The Balaban J connectivity index is 1.46. The Morgan fingerprint density at radius 3 is 2.85 bits per heavy atom. The summed E-state index contributed by atoms with van der Waals surface area (Å²) in [6.45, 7) is 1.59. The SMILES string of the molecule is N#Cc1cccc(COC[C@@H]2[C@@H]3C[C@@](c4ccc(F)cc4)(CO3)[C@H]2CC=CCCCC(=O)O)c1. The van der Waals surface area contributed by atoms with Gasteiger partial charge in [0.15, 0.2) is 0 Å². The van der Waals surface area contributed by atoms with Gasteiger partial charge in [-0.1, -0.05) is 36.4 Å². The molecular formula is C28H30FNO4. The second kappa shape index (κ2) is 10.9. The average Bonchev–Trinajstić information content (AvgIpc) is 3.40. The topological polar surface area (TPSA) is 79.5 Å². The molecule has 2 aromatic carbocycles. The highest BCUT2D eigenvalue weighted by atomic mass is 19.1. The van der Waals surface area contributed by atoms with Gasteiger partial charge in [0.05, 0.1) is 37.6 Å². The molecule has 0 amide bonds. The number of ether oxygens (including phenoxy) is 2. The Labute approximate surface area is 199 Å². The van der Waals surface area contributed by atoms with Crippen molar-refractivity contribution in [3.8, 4) is 6.07 Å². The largest absolute Gasteiger partial charge is 0.481 e. The minimum absolute atomic E-state index is 0.0842. The summed E-state index contributed by atoms with van der Waals surface area (Å²) in [5.74, 6) is -0.547. The zero-order valence-electron chi connectivity index (χ0n) is 19.2. The molecule has 1 saturated carbocycles. The highest BCUT2D eigenvalue weighted by Gasteiger charge is 2.59. The summed E-state index contributed by atoms with van der Waals surface area (Å²) in [7, 11) is 0. The van der Waals surface area contributed by atoms with E-state index >= 15 is 0 Å². The Morgan fingerprint density at radius 1 is 1.26 bits per heavy atom. The number of hydrogen-bond acceptors (Lipinski definition) is 4. The van der Waals surface area contributed by atoms with E-state index in [0.717, 1.165) is 30.4 Å². The molecular weight excluding hydrogens is 433 g/mol. The van der Waals surface area contributed by atoms with Crippen LogP contribution in [-0.4, -0.2) is 30.4 Å². The molecule has 6 heteroatoms. The molecule has 0 radical (unpaired) electrons. The van der Waals surface area contributed by atoms with E-state index in [1.807, 2.05) is 30.3 Å². The molecule has 178 valence electrons. The van der Waals surface area contributed by atoms with Crippen molar-refractivity contribution in [1.29, 1.82) is 5.26 Å². The van der Waals surface area contributed by atoms with Crippen molar-refractivity contribution in [2.45, 2.75) is 50.2 Å². The van der Waals surface area contributed by atoms with E-state index in [1.165, 1.54) is 12.1 Å². The van der Waals surface area contributed by atoms with Crippen molar-refractivity contribution >= 4 is 5.97 Å². The fraction of sp³-hybridized carbons (Fsp3) is 0.429. The Morgan fingerprint density at radius 2 is 2.09 bits per heavy atom. The number of fused-ring (bicyclic) bond motifs is 2. The van der Waals surface area contributed by atoms with Crippen molar-refractivity contribution in [2.75, 3.05) is 13.2 Å². The summed E-state index contributed by atoms with van der Waals surface area (Å²) in [6, 6.07) is 16.4. The van der Waals surface area contributed by atoms with Gasteiger partial charge < -0.3 is 14.6 Å². The Bertz CT molecular complexity index is 1060. The molecule has 4 atom stereocenters. The molecule has 2 fully saturated rings. The number of carboxylic acid groups (broad SMARTS) is 1. The number of carbonyl (C=O) groups is 1. The number of aliphatic carboxylic acids is 1.